The lowest BCUT2D eigenvalue weighted by Gasteiger charge is -2.35. The number of hydrogen-bond acceptors (Lipinski definition) is 5. The van der Waals surface area contributed by atoms with Gasteiger partial charge in [-0.05, 0) is 125 Å². The van der Waals surface area contributed by atoms with E-state index in [0.29, 0.717) is 0 Å². The first kappa shape index (κ1) is 38.4. The zero-order valence-corrected chi connectivity index (χ0v) is 36.3. The first-order valence-electron chi connectivity index (χ1n) is 22.7. The van der Waals surface area contributed by atoms with Crippen LogP contribution in [0.25, 0.3) is 65.4 Å². The lowest BCUT2D eigenvalue weighted by molar-refractivity contribution is 0.669. The van der Waals surface area contributed by atoms with Crippen molar-refractivity contribution in [3.63, 3.8) is 0 Å². The monoisotopic (exact) mass is 859 g/mol. The second-order valence-corrected chi connectivity index (χ2v) is 16.9. The summed E-state index contributed by atoms with van der Waals surface area (Å²) in [6.07, 6.45) is 0. The minimum Gasteiger partial charge on any atom is -0.456 e. The van der Waals surface area contributed by atoms with E-state index >= 15 is 0 Å². The van der Waals surface area contributed by atoms with Gasteiger partial charge in [0.2, 0.25) is 0 Å². The van der Waals surface area contributed by atoms with Crippen LogP contribution in [0.5, 0.6) is 0 Å². The first-order chi connectivity index (χ1) is 33.2. The van der Waals surface area contributed by atoms with Crippen molar-refractivity contribution in [3.05, 3.63) is 249 Å². The molecule has 0 N–H and O–H groups in total. The molecule has 0 radical (unpaired) electrons. The lowest BCUT2D eigenvalue weighted by atomic mass is 9.96. The van der Waals surface area contributed by atoms with Gasteiger partial charge in [-0.2, -0.15) is 0 Å². The van der Waals surface area contributed by atoms with Gasteiger partial charge >= 0.3 is 0 Å². The molecule has 2 heterocycles. The topological polar surface area (TPSA) is 36.0 Å². The average molecular weight is 860 g/mol. The number of anilines is 9. The maximum atomic E-state index is 6.74. The molecule has 67 heavy (non-hydrogen) atoms. The fourth-order valence-electron chi connectivity index (χ4n) is 10.0. The van der Waals surface area contributed by atoms with Gasteiger partial charge in [0, 0.05) is 66.7 Å². The molecule has 0 spiro atoms. The fourth-order valence-corrected chi connectivity index (χ4v) is 10.0. The van der Waals surface area contributed by atoms with Gasteiger partial charge in [-0.3, -0.25) is 0 Å². The Kier molecular flexibility index (Phi) is 9.10. The van der Waals surface area contributed by atoms with Gasteiger partial charge in [0.25, 0.3) is 0 Å². The van der Waals surface area contributed by atoms with E-state index in [1.807, 2.05) is 18.2 Å². The Morgan fingerprint density at radius 3 is 1.27 bits per heavy atom. The molecule has 316 valence electrons. The van der Waals surface area contributed by atoms with Crippen molar-refractivity contribution in [2.75, 3.05) is 14.7 Å². The summed E-state index contributed by atoms with van der Waals surface area (Å²) in [5.41, 5.74) is 12.6. The van der Waals surface area contributed by atoms with Crippen LogP contribution in [0.4, 0.5) is 51.2 Å². The van der Waals surface area contributed by atoms with Crippen molar-refractivity contribution in [3.8, 4) is 0 Å². The quantitative estimate of drug-likeness (QED) is 0.135. The van der Waals surface area contributed by atoms with E-state index in [1.165, 1.54) is 5.39 Å². The van der Waals surface area contributed by atoms with Crippen LogP contribution in [-0.4, -0.2) is 0 Å². The van der Waals surface area contributed by atoms with E-state index in [4.69, 9.17) is 8.83 Å². The summed E-state index contributed by atoms with van der Waals surface area (Å²) in [6, 6.07) is 88.2. The SMILES string of the molecule is c1ccc(N(c2ccccc2)c2ccc(N(c3ccccc3)c3ccc4oc5ccccc5c4c3)c(N(c3ccccc3)c3ccc4c5ccccc5c5oc6ccccc6c5c4c3)c2)cc1. The highest BCUT2D eigenvalue weighted by Gasteiger charge is 2.26. The molecule has 0 fully saturated rings. The van der Waals surface area contributed by atoms with Crippen molar-refractivity contribution in [2.24, 2.45) is 0 Å². The third-order valence-corrected chi connectivity index (χ3v) is 13.0. The molecule has 0 saturated carbocycles. The number of hydrogen-bond donors (Lipinski definition) is 0. The maximum Gasteiger partial charge on any atom is 0.143 e. The molecule has 11 aromatic carbocycles. The molecule has 0 amide bonds. The molecular formula is C62H41N3O2. The van der Waals surface area contributed by atoms with Gasteiger partial charge in [0.15, 0.2) is 0 Å². The standard InChI is InChI=1S/C62H41N3O2/c1-5-19-42(20-6-1)63(43-21-7-2-8-22-43)48-34-37-56(64(44-23-9-3-10-24-44)47-35-38-60-54(39-47)51-28-15-17-31-58(51)66-60)57(41-48)65(45-25-11-4-12-26-45)46-33-36-50-49-27-13-14-29-52(49)62-61(55(50)40-46)53-30-16-18-32-59(53)67-62/h1-41H. The van der Waals surface area contributed by atoms with Crippen molar-refractivity contribution in [2.45, 2.75) is 0 Å². The number of rotatable bonds is 9. The Labute approximate surface area is 387 Å². The van der Waals surface area contributed by atoms with Crippen LogP contribution in [0, 0.1) is 0 Å². The smallest absolute Gasteiger partial charge is 0.143 e. The fraction of sp³-hybridized carbons (Fsp3) is 0. The van der Waals surface area contributed by atoms with Gasteiger partial charge in [-0.25, -0.2) is 0 Å². The Bertz CT molecular complexity index is 3900. The molecule has 0 unspecified atom stereocenters. The first-order valence-corrected chi connectivity index (χ1v) is 22.7. The molecule has 5 nitrogen and oxygen atoms in total. The van der Waals surface area contributed by atoms with E-state index in [-0.39, 0.29) is 0 Å². The number of nitrogens with zero attached hydrogens (tertiary/aromatic N) is 3. The van der Waals surface area contributed by atoms with Crippen molar-refractivity contribution >= 4 is 117 Å². The van der Waals surface area contributed by atoms with Crippen molar-refractivity contribution in [1.29, 1.82) is 0 Å². The van der Waals surface area contributed by atoms with Crippen LogP contribution < -0.4 is 14.7 Å². The summed E-state index contributed by atoms with van der Waals surface area (Å²) in [7, 11) is 0. The average Bonchev–Trinajstić information content (AvgIpc) is 3.98. The number of benzene rings is 11. The largest absolute Gasteiger partial charge is 0.456 e. The molecule has 13 rings (SSSR count). The Hall–Kier alpha value is -9.06. The van der Waals surface area contributed by atoms with Gasteiger partial charge < -0.3 is 23.5 Å². The molecule has 0 aliphatic heterocycles. The van der Waals surface area contributed by atoms with Crippen LogP contribution in [0.1, 0.15) is 0 Å². The molecule has 0 aliphatic carbocycles. The van der Waals surface area contributed by atoms with Crippen LogP contribution >= 0.6 is 0 Å². The third kappa shape index (κ3) is 6.47. The molecule has 0 bridgehead atoms. The predicted molar refractivity (Wildman–Crippen MR) is 280 cm³/mol. The summed E-state index contributed by atoms with van der Waals surface area (Å²) in [5, 5.41) is 8.90. The number of para-hydroxylation sites is 6. The van der Waals surface area contributed by atoms with E-state index in [2.05, 4.69) is 245 Å². The van der Waals surface area contributed by atoms with Crippen LogP contribution in [0.2, 0.25) is 0 Å². The third-order valence-electron chi connectivity index (χ3n) is 13.0. The highest BCUT2D eigenvalue weighted by atomic mass is 16.3. The molecule has 2 aromatic heterocycles. The second kappa shape index (κ2) is 15.9. The number of furan rings is 2. The minimum absolute atomic E-state index is 0.850. The molecule has 0 aliphatic rings. The summed E-state index contributed by atoms with van der Waals surface area (Å²) >= 11 is 0. The maximum absolute atomic E-state index is 6.74. The van der Waals surface area contributed by atoms with Crippen molar-refractivity contribution < 1.29 is 8.83 Å². The molecule has 0 atom stereocenters. The summed E-state index contributed by atoms with van der Waals surface area (Å²) < 4.78 is 13.1. The van der Waals surface area contributed by atoms with E-state index in [0.717, 1.165) is 111 Å². The summed E-state index contributed by atoms with van der Waals surface area (Å²) in [6.45, 7) is 0. The molecule has 5 heteroatoms. The molecule has 0 saturated heterocycles. The molecule has 13 aromatic rings. The second-order valence-electron chi connectivity index (χ2n) is 16.9. The number of fused-ring (bicyclic) bond motifs is 11. The van der Waals surface area contributed by atoms with Gasteiger partial charge in [0.1, 0.15) is 22.3 Å². The van der Waals surface area contributed by atoms with E-state index in [1.54, 1.807) is 0 Å². The summed E-state index contributed by atoms with van der Waals surface area (Å²) in [5.74, 6) is 0. The Balaban J connectivity index is 1.13. The Morgan fingerprint density at radius 2 is 0.642 bits per heavy atom. The predicted octanol–water partition coefficient (Wildman–Crippen LogP) is 18.2. The van der Waals surface area contributed by atoms with Gasteiger partial charge in [0.05, 0.1) is 11.4 Å². The highest BCUT2D eigenvalue weighted by Crippen LogP contribution is 2.51. The van der Waals surface area contributed by atoms with E-state index in [9.17, 15) is 0 Å². The molecular weight excluding hydrogens is 819 g/mol. The minimum atomic E-state index is 0.850. The van der Waals surface area contributed by atoms with Crippen LogP contribution in [0.15, 0.2) is 258 Å². The van der Waals surface area contributed by atoms with Crippen molar-refractivity contribution in [1.82, 2.24) is 0 Å². The zero-order valence-electron chi connectivity index (χ0n) is 36.3. The van der Waals surface area contributed by atoms with Gasteiger partial charge in [-0.15, -0.1) is 0 Å². The Morgan fingerprint density at radius 1 is 0.224 bits per heavy atom. The van der Waals surface area contributed by atoms with E-state index < -0.39 is 0 Å². The van der Waals surface area contributed by atoms with Crippen LogP contribution in [0.3, 0.4) is 0 Å². The lowest BCUT2D eigenvalue weighted by Crippen LogP contribution is -2.18. The van der Waals surface area contributed by atoms with Crippen LogP contribution in [-0.2, 0) is 0 Å². The zero-order chi connectivity index (χ0) is 44.3. The van der Waals surface area contributed by atoms with Gasteiger partial charge in [-0.1, -0.05) is 140 Å². The normalized spacial score (nSPS) is 11.6. The highest BCUT2D eigenvalue weighted by molar-refractivity contribution is 6.30. The summed E-state index contributed by atoms with van der Waals surface area (Å²) in [4.78, 5) is 7.13.